The zero-order chi connectivity index (χ0) is 39.9. The Bertz CT molecular complexity index is 1570. The number of aliphatic hydroxyl groups is 2. The van der Waals surface area contributed by atoms with Crippen molar-refractivity contribution >= 4 is 35.5 Å². The van der Waals surface area contributed by atoms with Crippen LogP contribution in [0, 0.1) is 0 Å². The molecule has 2 aromatic carbocycles. The first kappa shape index (κ1) is 43.3. The van der Waals surface area contributed by atoms with Crippen LogP contribution in [0.2, 0.25) is 0 Å². The maximum absolute atomic E-state index is 13.9. The van der Waals surface area contributed by atoms with E-state index in [2.05, 4.69) is 21.3 Å². The Morgan fingerprint density at radius 1 is 0.778 bits per heavy atom. The van der Waals surface area contributed by atoms with Crippen LogP contribution in [0.3, 0.4) is 0 Å². The van der Waals surface area contributed by atoms with Gasteiger partial charge in [-0.05, 0) is 82.2 Å². The summed E-state index contributed by atoms with van der Waals surface area (Å²) in [6.45, 7) is 2.91. The van der Waals surface area contributed by atoms with Crippen LogP contribution in [0.4, 0.5) is 0 Å². The van der Waals surface area contributed by atoms with Gasteiger partial charge in [-0.2, -0.15) is 0 Å². The zero-order valence-electron chi connectivity index (χ0n) is 30.5. The average Bonchev–Trinajstić information content (AvgIpc) is 3.63. The number of aliphatic hydroxyl groups excluding tert-OH is 2. The van der Waals surface area contributed by atoms with Crippen molar-refractivity contribution in [1.29, 1.82) is 0 Å². The van der Waals surface area contributed by atoms with Crippen molar-refractivity contribution in [3.8, 4) is 5.75 Å². The van der Waals surface area contributed by atoms with Crippen LogP contribution >= 0.6 is 0 Å². The van der Waals surface area contributed by atoms with Crippen molar-refractivity contribution in [3.63, 3.8) is 0 Å². The number of nitrogens with two attached hydrogens (primary N) is 2. The van der Waals surface area contributed by atoms with Gasteiger partial charge in [0.2, 0.25) is 29.5 Å². The Hall–Kier alpha value is -5.10. The molecule has 1 heterocycles. The van der Waals surface area contributed by atoms with Gasteiger partial charge >= 0.3 is 5.97 Å². The number of rotatable bonds is 20. The van der Waals surface area contributed by atoms with E-state index in [1.807, 2.05) is 6.07 Å². The number of benzene rings is 2. The summed E-state index contributed by atoms with van der Waals surface area (Å²) in [4.78, 5) is 80.6. The minimum Gasteiger partial charge on any atom is -0.508 e. The van der Waals surface area contributed by atoms with Gasteiger partial charge in [0.25, 0.3) is 0 Å². The Kier molecular flexibility index (Phi) is 16.8. The van der Waals surface area contributed by atoms with E-state index < -0.39 is 84.0 Å². The molecular formula is C37H53N7O10. The molecule has 0 aromatic heterocycles. The highest BCUT2D eigenvalue weighted by Crippen LogP contribution is 2.21. The topological polar surface area (TPSA) is 287 Å². The molecule has 0 radical (unpaired) electrons. The van der Waals surface area contributed by atoms with E-state index in [4.69, 9.17) is 11.5 Å². The van der Waals surface area contributed by atoms with Crippen LogP contribution in [-0.2, 0) is 41.6 Å². The summed E-state index contributed by atoms with van der Waals surface area (Å²) in [5, 5.41) is 49.7. The van der Waals surface area contributed by atoms with E-state index in [1.54, 1.807) is 36.4 Å². The van der Waals surface area contributed by atoms with Crippen molar-refractivity contribution in [2.45, 2.75) is 107 Å². The third-order valence-electron chi connectivity index (χ3n) is 9.15. The molecule has 1 saturated heterocycles. The molecule has 3 rings (SSSR count). The smallest absolute Gasteiger partial charge is 0.328 e. The second kappa shape index (κ2) is 21.0. The lowest BCUT2D eigenvalue weighted by atomic mass is 10.0. The van der Waals surface area contributed by atoms with Crippen LogP contribution in [-0.4, -0.2) is 122 Å². The van der Waals surface area contributed by atoms with Crippen molar-refractivity contribution in [2.75, 3.05) is 13.1 Å². The van der Waals surface area contributed by atoms with Crippen LogP contribution in [0.25, 0.3) is 0 Å². The fourth-order valence-corrected chi connectivity index (χ4v) is 6.13. The van der Waals surface area contributed by atoms with E-state index in [1.165, 1.54) is 30.9 Å². The lowest BCUT2D eigenvalue weighted by molar-refractivity contribution is -0.147. The summed E-state index contributed by atoms with van der Waals surface area (Å²) in [7, 11) is 0. The van der Waals surface area contributed by atoms with Gasteiger partial charge in [0.05, 0.1) is 18.2 Å². The lowest BCUT2D eigenvalue weighted by Gasteiger charge is -2.31. The summed E-state index contributed by atoms with van der Waals surface area (Å²) >= 11 is 0. The molecular weight excluding hydrogens is 702 g/mol. The molecule has 17 nitrogen and oxygen atoms in total. The molecule has 54 heavy (non-hydrogen) atoms. The first-order valence-electron chi connectivity index (χ1n) is 18.0. The van der Waals surface area contributed by atoms with Gasteiger partial charge in [0, 0.05) is 13.0 Å². The molecule has 17 heteroatoms. The van der Waals surface area contributed by atoms with Crippen LogP contribution in [0.5, 0.6) is 5.75 Å². The van der Waals surface area contributed by atoms with Crippen LogP contribution in [0.15, 0.2) is 54.6 Å². The van der Waals surface area contributed by atoms with Crippen molar-refractivity contribution in [2.24, 2.45) is 11.5 Å². The number of hydrogen-bond donors (Lipinski definition) is 10. The molecule has 5 amide bonds. The fraction of sp³-hybridized carbons (Fsp3) is 0.514. The van der Waals surface area contributed by atoms with Gasteiger partial charge in [-0.15, -0.1) is 0 Å². The normalized spacial score (nSPS) is 17.9. The van der Waals surface area contributed by atoms with E-state index in [9.17, 15) is 49.2 Å². The first-order valence-corrected chi connectivity index (χ1v) is 18.0. The third kappa shape index (κ3) is 12.8. The summed E-state index contributed by atoms with van der Waals surface area (Å²) < 4.78 is 0. The Labute approximate surface area is 313 Å². The summed E-state index contributed by atoms with van der Waals surface area (Å²) in [6.07, 6.45) is -1.16. The molecule has 296 valence electrons. The number of phenols is 1. The molecule has 8 atom stereocenters. The van der Waals surface area contributed by atoms with Crippen molar-refractivity contribution in [3.05, 3.63) is 65.7 Å². The predicted octanol–water partition coefficient (Wildman–Crippen LogP) is -1.59. The third-order valence-corrected chi connectivity index (χ3v) is 9.15. The molecule has 0 aliphatic carbocycles. The number of phenolic OH excluding ortho intramolecular Hbond substituents is 1. The predicted molar refractivity (Wildman–Crippen MR) is 196 cm³/mol. The van der Waals surface area contributed by atoms with Gasteiger partial charge in [0.15, 0.2) is 6.04 Å². The Balaban J connectivity index is 1.80. The molecule has 12 N–H and O–H groups in total. The quantitative estimate of drug-likeness (QED) is 0.0685. The Morgan fingerprint density at radius 3 is 1.98 bits per heavy atom. The fourth-order valence-electron chi connectivity index (χ4n) is 6.13. The summed E-state index contributed by atoms with van der Waals surface area (Å²) in [5.74, 6) is -5.28. The molecule has 1 fully saturated rings. The van der Waals surface area contributed by atoms with Crippen molar-refractivity contribution in [1.82, 2.24) is 26.2 Å². The van der Waals surface area contributed by atoms with Crippen LogP contribution in [0.1, 0.15) is 57.1 Å². The number of nitrogens with zero attached hydrogens (tertiary/aromatic N) is 1. The second-order valence-corrected chi connectivity index (χ2v) is 13.6. The summed E-state index contributed by atoms with van der Waals surface area (Å²) in [6, 6.07) is 7.16. The van der Waals surface area contributed by atoms with Crippen LogP contribution < -0.4 is 32.7 Å². The molecule has 2 aromatic rings. The number of carboxylic acid groups (broad SMARTS) is 1. The van der Waals surface area contributed by atoms with Gasteiger partial charge in [-0.25, -0.2) is 4.79 Å². The maximum atomic E-state index is 13.9. The minimum atomic E-state index is -1.60. The molecule has 0 bridgehead atoms. The van der Waals surface area contributed by atoms with E-state index >= 15 is 0 Å². The minimum absolute atomic E-state index is 0.0137. The standard InChI is InChI=1S/C37H53N7O10/c1-21(45)30(42-33(49)28(20-24-13-15-25(47)16-14-24)41-32(48)26(39)19-23-9-4-3-5-10-23)35(51)40-27(11-6-7-17-38)36(52)44-18-8-12-29(44)34(50)43-31(22(2)46)37(53)54/h3-5,9-10,13-16,21-22,26-31,45-47H,6-8,11-12,17-20,38-39H2,1-2H3,(H,40,51)(H,41,48)(H,42,49)(H,43,50)(H,53,54)/t21-,22-,26+,27+,28+,29+,30+,31+/m1/s1. The number of hydrogen-bond acceptors (Lipinski definition) is 11. The number of carbonyl (C=O) groups excluding carboxylic acids is 5. The van der Waals surface area contributed by atoms with Gasteiger partial charge < -0.3 is 58.1 Å². The lowest BCUT2D eigenvalue weighted by Crippen LogP contribution is -2.61. The molecule has 0 spiro atoms. The number of carboxylic acids is 1. The summed E-state index contributed by atoms with van der Waals surface area (Å²) in [5.41, 5.74) is 13.2. The highest BCUT2D eigenvalue weighted by Gasteiger charge is 2.40. The van der Waals surface area contributed by atoms with Gasteiger partial charge in [-0.3, -0.25) is 24.0 Å². The largest absolute Gasteiger partial charge is 0.508 e. The SMILES string of the molecule is C[C@@H](O)[C@H](NC(=O)[C@@H]1CCCN1C(=O)[C@H](CCCCN)NC(=O)[C@@H](NC(=O)[C@H](Cc1ccc(O)cc1)NC(=O)[C@@H](N)Cc1ccccc1)[C@@H](C)O)C(=O)O. The monoisotopic (exact) mass is 755 g/mol. The highest BCUT2D eigenvalue weighted by atomic mass is 16.4. The number of carbonyl (C=O) groups is 6. The van der Waals surface area contributed by atoms with Gasteiger partial charge in [0.1, 0.15) is 29.9 Å². The zero-order valence-corrected chi connectivity index (χ0v) is 30.5. The van der Waals surface area contributed by atoms with E-state index in [0.29, 0.717) is 31.4 Å². The number of nitrogens with one attached hydrogen (secondary N) is 4. The van der Waals surface area contributed by atoms with Gasteiger partial charge in [-0.1, -0.05) is 42.5 Å². The number of aliphatic carboxylic acids is 1. The molecule has 1 aliphatic rings. The average molecular weight is 756 g/mol. The maximum Gasteiger partial charge on any atom is 0.328 e. The number of amides is 5. The molecule has 0 unspecified atom stereocenters. The molecule has 1 aliphatic heterocycles. The van der Waals surface area contributed by atoms with Crippen molar-refractivity contribution < 1.29 is 49.2 Å². The number of aromatic hydroxyl groups is 1. The second-order valence-electron chi connectivity index (χ2n) is 13.6. The first-order chi connectivity index (χ1) is 25.6. The number of likely N-dealkylation sites (tertiary alicyclic amines) is 1. The van der Waals surface area contributed by atoms with E-state index in [-0.39, 0.29) is 38.0 Å². The highest BCUT2D eigenvalue weighted by molar-refractivity contribution is 5.97. The Morgan fingerprint density at radius 2 is 1.39 bits per heavy atom. The number of unbranched alkanes of at least 4 members (excludes halogenated alkanes) is 1. The molecule has 0 saturated carbocycles. The van der Waals surface area contributed by atoms with E-state index in [0.717, 1.165) is 5.56 Å².